The fourth-order valence-corrected chi connectivity index (χ4v) is 2.68. The number of halogens is 2. The highest BCUT2D eigenvalue weighted by Gasteiger charge is 2.18. The Bertz CT molecular complexity index is 574. The molecule has 1 atom stereocenters. The molecule has 0 radical (unpaired) electrons. The van der Waals surface area contributed by atoms with Gasteiger partial charge in [-0.25, -0.2) is 4.98 Å². The van der Waals surface area contributed by atoms with Crippen LogP contribution in [-0.4, -0.2) is 11.5 Å². The molecule has 0 aliphatic carbocycles. The first-order chi connectivity index (χ1) is 9.13. The predicted molar refractivity (Wildman–Crippen MR) is 83.3 cm³/mol. The zero-order valence-electron chi connectivity index (χ0n) is 10.5. The average Bonchev–Trinajstić information content (AvgIpc) is 2.40. The van der Waals surface area contributed by atoms with Crippen molar-refractivity contribution in [1.29, 1.82) is 0 Å². The summed E-state index contributed by atoms with van der Waals surface area (Å²) in [5.41, 5.74) is 7.98. The number of nitrogens with zero attached hydrogens (tertiary/aromatic N) is 1. The molecule has 0 fully saturated rings. The Morgan fingerprint density at radius 3 is 2.79 bits per heavy atom. The number of nitrogens with two attached hydrogens (primary N) is 1. The third-order valence-electron chi connectivity index (χ3n) is 2.85. The lowest BCUT2D eigenvalue weighted by Crippen LogP contribution is -2.23. The van der Waals surface area contributed by atoms with Crippen LogP contribution in [0.5, 0.6) is 0 Å². The molecule has 3 N–H and O–H groups in total. The summed E-state index contributed by atoms with van der Waals surface area (Å²) < 4.78 is 1.03. The van der Waals surface area contributed by atoms with E-state index in [9.17, 15) is 0 Å². The van der Waals surface area contributed by atoms with E-state index in [2.05, 4.69) is 39.2 Å². The lowest BCUT2D eigenvalue weighted by atomic mass is 9.99. The van der Waals surface area contributed by atoms with Gasteiger partial charge in [-0.15, -0.1) is 0 Å². The molecule has 0 bridgehead atoms. The molecule has 0 saturated carbocycles. The van der Waals surface area contributed by atoms with Gasteiger partial charge in [0.15, 0.2) is 0 Å². The lowest BCUT2D eigenvalue weighted by Gasteiger charge is -2.21. The highest BCUT2D eigenvalue weighted by Crippen LogP contribution is 2.31. The molecule has 0 saturated heterocycles. The summed E-state index contributed by atoms with van der Waals surface area (Å²) >= 11 is 9.60. The van der Waals surface area contributed by atoms with Gasteiger partial charge in [-0.2, -0.15) is 0 Å². The first-order valence-electron chi connectivity index (χ1n) is 6.02. The minimum atomic E-state index is -0.0354. The Morgan fingerprint density at radius 2 is 2.11 bits per heavy atom. The smallest absolute Gasteiger partial charge is 0.128 e. The predicted octanol–water partition coefficient (Wildman–Crippen LogP) is 3.78. The van der Waals surface area contributed by atoms with Crippen molar-refractivity contribution in [2.24, 2.45) is 0 Å². The van der Waals surface area contributed by atoms with Crippen LogP contribution in [0.4, 0.5) is 5.82 Å². The first kappa shape index (κ1) is 14.3. The Morgan fingerprint density at radius 1 is 1.37 bits per heavy atom. The number of pyridine rings is 1. The minimum Gasteiger partial charge on any atom is -0.383 e. The summed E-state index contributed by atoms with van der Waals surface area (Å²) in [5, 5.41) is 4.00. The maximum atomic E-state index is 6.03. The standard InChI is InChI=1S/C14H15BrClN3/c1-2-18-13(10-5-3-4-6-12(10)15)11-7-9(16)8-19-14(11)17/h3-8,13,18H,2H2,1H3,(H2,17,19). The van der Waals surface area contributed by atoms with Gasteiger partial charge in [0.1, 0.15) is 5.82 Å². The van der Waals surface area contributed by atoms with E-state index in [-0.39, 0.29) is 6.04 Å². The van der Waals surface area contributed by atoms with Gasteiger partial charge in [-0.3, -0.25) is 0 Å². The third kappa shape index (κ3) is 3.26. The summed E-state index contributed by atoms with van der Waals surface area (Å²) in [6, 6.07) is 9.86. The van der Waals surface area contributed by atoms with Crippen LogP contribution in [0.15, 0.2) is 41.0 Å². The van der Waals surface area contributed by atoms with Crippen LogP contribution in [0.2, 0.25) is 5.02 Å². The van der Waals surface area contributed by atoms with Crippen molar-refractivity contribution in [2.75, 3.05) is 12.3 Å². The zero-order chi connectivity index (χ0) is 13.8. The summed E-state index contributed by atoms with van der Waals surface area (Å²) in [6.07, 6.45) is 1.56. The number of benzene rings is 1. The average molecular weight is 341 g/mol. The fourth-order valence-electron chi connectivity index (χ4n) is 2.00. The fraction of sp³-hybridized carbons (Fsp3) is 0.214. The van der Waals surface area contributed by atoms with E-state index in [0.717, 1.165) is 22.1 Å². The van der Waals surface area contributed by atoms with E-state index in [1.54, 1.807) is 6.20 Å². The molecule has 5 heteroatoms. The van der Waals surface area contributed by atoms with Crippen molar-refractivity contribution >= 4 is 33.3 Å². The maximum absolute atomic E-state index is 6.03. The van der Waals surface area contributed by atoms with Gasteiger partial charge in [0.25, 0.3) is 0 Å². The monoisotopic (exact) mass is 339 g/mol. The quantitative estimate of drug-likeness (QED) is 0.890. The topological polar surface area (TPSA) is 50.9 Å². The van der Waals surface area contributed by atoms with Crippen LogP contribution < -0.4 is 11.1 Å². The summed E-state index contributed by atoms with van der Waals surface area (Å²) in [4.78, 5) is 4.13. The molecule has 2 aromatic rings. The summed E-state index contributed by atoms with van der Waals surface area (Å²) in [6.45, 7) is 2.87. The molecule has 1 aromatic heterocycles. The van der Waals surface area contributed by atoms with Crippen molar-refractivity contribution in [2.45, 2.75) is 13.0 Å². The van der Waals surface area contributed by atoms with Gasteiger partial charge >= 0.3 is 0 Å². The number of anilines is 1. The number of nitrogens with one attached hydrogen (secondary N) is 1. The molecule has 1 heterocycles. The van der Waals surface area contributed by atoms with Crippen LogP contribution in [0.25, 0.3) is 0 Å². The Balaban J connectivity index is 2.51. The molecule has 2 rings (SSSR count). The van der Waals surface area contributed by atoms with E-state index in [0.29, 0.717) is 10.8 Å². The van der Waals surface area contributed by atoms with Crippen molar-refractivity contribution < 1.29 is 0 Å². The molecule has 0 aliphatic rings. The van der Waals surface area contributed by atoms with Crippen LogP contribution in [0, 0.1) is 0 Å². The minimum absolute atomic E-state index is 0.0354. The van der Waals surface area contributed by atoms with E-state index in [1.165, 1.54) is 0 Å². The van der Waals surface area contributed by atoms with Gasteiger partial charge in [-0.1, -0.05) is 52.7 Å². The Labute approximate surface area is 126 Å². The highest BCUT2D eigenvalue weighted by molar-refractivity contribution is 9.10. The number of rotatable bonds is 4. The van der Waals surface area contributed by atoms with E-state index >= 15 is 0 Å². The van der Waals surface area contributed by atoms with Crippen molar-refractivity contribution in [3.63, 3.8) is 0 Å². The molecular formula is C14H15BrClN3. The van der Waals surface area contributed by atoms with Crippen molar-refractivity contribution in [3.8, 4) is 0 Å². The van der Waals surface area contributed by atoms with Gasteiger partial charge in [-0.05, 0) is 24.2 Å². The largest absolute Gasteiger partial charge is 0.383 e. The number of hydrogen-bond donors (Lipinski definition) is 2. The molecular weight excluding hydrogens is 326 g/mol. The molecule has 100 valence electrons. The van der Waals surface area contributed by atoms with E-state index < -0.39 is 0 Å². The highest BCUT2D eigenvalue weighted by atomic mass is 79.9. The van der Waals surface area contributed by atoms with Gasteiger partial charge in [0, 0.05) is 16.2 Å². The third-order valence-corrected chi connectivity index (χ3v) is 3.78. The summed E-state index contributed by atoms with van der Waals surface area (Å²) in [7, 11) is 0. The molecule has 19 heavy (non-hydrogen) atoms. The first-order valence-corrected chi connectivity index (χ1v) is 7.19. The van der Waals surface area contributed by atoms with Gasteiger partial charge < -0.3 is 11.1 Å². The maximum Gasteiger partial charge on any atom is 0.128 e. The van der Waals surface area contributed by atoms with Crippen LogP contribution in [0.3, 0.4) is 0 Å². The van der Waals surface area contributed by atoms with Crippen LogP contribution in [0.1, 0.15) is 24.1 Å². The van der Waals surface area contributed by atoms with Gasteiger partial charge in [0.2, 0.25) is 0 Å². The van der Waals surface area contributed by atoms with Gasteiger partial charge in [0.05, 0.1) is 11.1 Å². The Hall–Kier alpha value is -1.10. The van der Waals surface area contributed by atoms with E-state index in [1.807, 2.05) is 24.3 Å². The summed E-state index contributed by atoms with van der Waals surface area (Å²) in [5.74, 6) is 0.492. The number of hydrogen-bond acceptors (Lipinski definition) is 3. The van der Waals surface area contributed by atoms with E-state index in [4.69, 9.17) is 17.3 Å². The molecule has 0 spiro atoms. The second-order valence-electron chi connectivity index (χ2n) is 4.14. The van der Waals surface area contributed by atoms with Crippen molar-refractivity contribution in [1.82, 2.24) is 10.3 Å². The van der Waals surface area contributed by atoms with Crippen LogP contribution in [-0.2, 0) is 0 Å². The SMILES string of the molecule is CCNC(c1ccccc1Br)c1cc(Cl)cnc1N. The second-order valence-corrected chi connectivity index (χ2v) is 5.43. The van der Waals surface area contributed by atoms with Crippen molar-refractivity contribution in [3.05, 3.63) is 57.2 Å². The Kier molecular flexibility index (Phi) is 4.80. The lowest BCUT2D eigenvalue weighted by molar-refractivity contribution is 0.628. The zero-order valence-corrected chi connectivity index (χ0v) is 12.9. The normalized spacial score (nSPS) is 12.4. The molecule has 0 amide bonds. The molecule has 3 nitrogen and oxygen atoms in total. The molecule has 1 unspecified atom stereocenters. The molecule has 1 aromatic carbocycles. The number of aromatic nitrogens is 1. The second kappa shape index (κ2) is 6.37. The number of nitrogen functional groups attached to an aromatic ring is 1. The molecule has 0 aliphatic heterocycles. The van der Waals surface area contributed by atoms with Crippen LogP contribution >= 0.6 is 27.5 Å².